The van der Waals surface area contributed by atoms with Crippen LogP contribution < -0.4 is 5.73 Å². The first-order valence-corrected chi connectivity index (χ1v) is 5.46. The van der Waals surface area contributed by atoms with Crippen LogP contribution in [0.1, 0.15) is 6.42 Å². The zero-order valence-electron chi connectivity index (χ0n) is 5.05. The van der Waals surface area contributed by atoms with Crippen molar-refractivity contribution in [2.45, 2.75) is 21.9 Å². The summed E-state index contributed by atoms with van der Waals surface area (Å²) in [5.74, 6) is 2.21. The van der Waals surface area contributed by atoms with E-state index < -0.39 is 14.1 Å². The van der Waals surface area contributed by atoms with Crippen LogP contribution in [-0.2, 0) is 4.79 Å². The van der Waals surface area contributed by atoms with E-state index in [4.69, 9.17) is 5.73 Å². The van der Waals surface area contributed by atoms with Gasteiger partial charge < -0.3 is 10.5 Å². The fraction of sp³-hybridized carbons (Fsp3) is 0.800. The molecule has 1 fully saturated rings. The predicted octanol–water partition coefficient (Wildman–Crippen LogP) is -0.0497. The van der Waals surface area contributed by atoms with E-state index in [1.54, 1.807) is 0 Å². The highest BCUT2D eigenvalue weighted by Gasteiger charge is 2.51. The Kier molecular flexibility index (Phi) is 1.44. The summed E-state index contributed by atoms with van der Waals surface area (Å²) in [4.78, 5) is 9.95. The molecule has 0 amide bonds. The van der Waals surface area contributed by atoms with Gasteiger partial charge in [-0.05, 0) is 4.40 Å². The van der Waals surface area contributed by atoms with E-state index >= 15 is 0 Å². The summed E-state index contributed by atoms with van der Waals surface area (Å²) in [5, 5.41) is 1.16. The highest BCUT2D eigenvalue weighted by molar-refractivity contribution is 6.73. The average Bonchev–Trinajstić information content (AvgIpc) is 2.16. The molecule has 1 heterocycles. The molecule has 2 nitrogen and oxygen atoms in total. The van der Waals surface area contributed by atoms with Crippen molar-refractivity contribution >= 4 is 20.4 Å². The van der Waals surface area contributed by atoms with E-state index in [1.165, 1.54) is 0 Å². The monoisotopic (exact) mass is 127 g/mol. The van der Waals surface area contributed by atoms with Crippen LogP contribution in [0.3, 0.4) is 0 Å². The molecule has 1 atom stereocenters. The molecule has 1 unspecified atom stereocenters. The Labute approximate surface area is 53.4 Å². The molecule has 1 saturated heterocycles. The quantitative estimate of drug-likeness (QED) is 0.417. The molecule has 44 valence electrons. The first-order valence-electron chi connectivity index (χ1n) is 2.91. The normalized spacial score (nSPS) is 35.0. The molecule has 8 heavy (non-hydrogen) atoms. The molecule has 0 aromatic carbocycles. The van der Waals surface area contributed by atoms with Gasteiger partial charge in [0.05, 0.1) is 0 Å². The van der Waals surface area contributed by atoms with Gasteiger partial charge in [-0.25, -0.2) is 0 Å². The Morgan fingerprint density at radius 1 is 2.00 bits per heavy atom. The van der Waals surface area contributed by atoms with Crippen LogP contribution in [0.25, 0.3) is 0 Å². The SMILES string of the molecule is [CH3][Al]1[CH2][C]1(N)CC=O. The van der Waals surface area contributed by atoms with Gasteiger partial charge in [0.2, 0.25) is 0 Å². The molecular formula is C5H10AlNO. The number of aldehydes is 1. The molecule has 0 aromatic heterocycles. The molecule has 1 aliphatic heterocycles. The lowest BCUT2D eigenvalue weighted by Gasteiger charge is -2.01. The summed E-state index contributed by atoms with van der Waals surface area (Å²) in [6.07, 6.45) is 1.54. The highest BCUT2D eigenvalue weighted by atomic mass is 27.2. The molecule has 0 radical (unpaired) electrons. The molecule has 0 bridgehead atoms. The standard InChI is InChI=1S/C4H7NO.CH3.Al/c1-4(5)2-3-6;;/h3H,1-2,5H2;1H3;. The lowest BCUT2D eigenvalue weighted by atomic mass is 10.3. The Hall–Kier alpha value is 0.162. The zero-order chi connectivity index (χ0) is 6.20. The van der Waals surface area contributed by atoms with Gasteiger partial charge in [-0.15, -0.1) is 5.79 Å². The van der Waals surface area contributed by atoms with E-state index in [-0.39, 0.29) is 4.40 Å². The topological polar surface area (TPSA) is 43.1 Å². The van der Waals surface area contributed by atoms with Gasteiger partial charge in [-0.3, -0.25) is 0 Å². The van der Waals surface area contributed by atoms with Crippen molar-refractivity contribution in [2.75, 3.05) is 0 Å². The number of carbonyl (C=O) groups excluding carboxylic acids is 1. The van der Waals surface area contributed by atoms with Crippen molar-refractivity contribution in [1.82, 2.24) is 0 Å². The first-order chi connectivity index (χ1) is 3.69. The summed E-state index contributed by atoms with van der Waals surface area (Å²) < 4.78 is 0.0295. The lowest BCUT2D eigenvalue weighted by Crippen LogP contribution is -2.27. The molecule has 2 N–H and O–H groups in total. The molecule has 0 aliphatic carbocycles. The van der Waals surface area contributed by atoms with Crippen molar-refractivity contribution in [3.05, 3.63) is 0 Å². The molecular weight excluding hydrogens is 117 g/mol. The van der Waals surface area contributed by atoms with Crippen molar-refractivity contribution in [2.24, 2.45) is 5.73 Å². The van der Waals surface area contributed by atoms with Gasteiger partial charge in [-0.2, -0.15) is 0 Å². The van der Waals surface area contributed by atoms with Gasteiger partial charge in [0.1, 0.15) is 6.29 Å². The number of hydrogen-bond donors (Lipinski definition) is 1. The second kappa shape index (κ2) is 1.84. The summed E-state index contributed by atoms with van der Waals surface area (Å²) >= 11 is -0.590. The van der Waals surface area contributed by atoms with Crippen LogP contribution in [0, 0.1) is 0 Å². The Balaban J connectivity index is 2.35. The smallest absolute Gasteiger partial charge is 0.287 e. The number of carbonyl (C=O) groups is 1. The maximum atomic E-state index is 9.95. The Morgan fingerprint density at radius 3 is 2.62 bits per heavy atom. The third-order valence-corrected chi connectivity index (χ3v) is 5.22. The van der Waals surface area contributed by atoms with Crippen molar-refractivity contribution in [3.63, 3.8) is 0 Å². The number of rotatable bonds is 2. The van der Waals surface area contributed by atoms with E-state index in [1.807, 2.05) is 0 Å². The van der Waals surface area contributed by atoms with Crippen LogP contribution >= 0.6 is 0 Å². The minimum Gasteiger partial charge on any atom is -0.338 e. The maximum absolute atomic E-state index is 9.95. The van der Waals surface area contributed by atoms with Gasteiger partial charge in [0.15, 0.2) is 0 Å². The van der Waals surface area contributed by atoms with Crippen LogP contribution in [0.4, 0.5) is 0 Å². The van der Waals surface area contributed by atoms with Gasteiger partial charge in [0.25, 0.3) is 14.1 Å². The second-order valence-corrected chi connectivity index (χ2v) is 6.07. The first kappa shape index (κ1) is 6.28. The van der Waals surface area contributed by atoms with Crippen molar-refractivity contribution in [1.29, 1.82) is 0 Å². The fourth-order valence-corrected chi connectivity index (χ4v) is 3.35. The molecule has 0 aromatic rings. The van der Waals surface area contributed by atoms with Crippen LogP contribution in [0.15, 0.2) is 0 Å². The Bertz CT molecular complexity index is 117. The fourth-order valence-electron chi connectivity index (χ4n) is 0.951. The van der Waals surface area contributed by atoms with Crippen LogP contribution in [0.5, 0.6) is 0 Å². The maximum Gasteiger partial charge on any atom is 0.287 e. The third kappa shape index (κ3) is 0.948. The summed E-state index contributed by atoms with van der Waals surface area (Å²) in [6.45, 7) is 0. The average molecular weight is 127 g/mol. The molecule has 3 heteroatoms. The summed E-state index contributed by atoms with van der Waals surface area (Å²) in [6, 6.07) is 0. The summed E-state index contributed by atoms with van der Waals surface area (Å²) in [7, 11) is 0. The van der Waals surface area contributed by atoms with Crippen LogP contribution in [-0.4, -0.2) is 24.8 Å². The van der Waals surface area contributed by atoms with E-state index in [9.17, 15) is 4.79 Å². The third-order valence-electron chi connectivity index (χ3n) is 1.97. The van der Waals surface area contributed by atoms with Gasteiger partial charge >= 0.3 is 0 Å². The van der Waals surface area contributed by atoms with Crippen molar-refractivity contribution in [3.8, 4) is 0 Å². The lowest BCUT2D eigenvalue weighted by molar-refractivity contribution is -0.108. The Morgan fingerprint density at radius 2 is 2.50 bits per heavy atom. The van der Waals surface area contributed by atoms with Crippen molar-refractivity contribution < 1.29 is 4.79 Å². The number of hydrogen-bond acceptors (Lipinski definition) is 2. The minimum absolute atomic E-state index is 0.0295. The van der Waals surface area contributed by atoms with E-state index in [0.29, 0.717) is 6.42 Å². The number of nitrogens with two attached hydrogens (primary N) is 1. The molecule has 0 saturated carbocycles. The minimum atomic E-state index is -0.590. The second-order valence-electron chi connectivity index (χ2n) is 2.71. The van der Waals surface area contributed by atoms with Crippen LogP contribution in [0.2, 0.25) is 11.1 Å². The van der Waals surface area contributed by atoms with E-state index in [0.717, 1.165) is 11.6 Å². The molecule has 1 aliphatic rings. The summed E-state index contributed by atoms with van der Waals surface area (Å²) in [5.41, 5.74) is 5.73. The van der Waals surface area contributed by atoms with E-state index in [2.05, 4.69) is 5.79 Å². The van der Waals surface area contributed by atoms with Gasteiger partial charge in [0, 0.05) is 6.42 Å². The van der Waals surface area contributed by atoms with Gasteiger partial charge in [-0.1, -0.05) is 5.28 Å². The molecule has 0 spiro atoms. The largest absolute Gasteiger partial charge is 0.338 e. The zero-order valence-corrected chi connectivity index (χ0v) is 6.21. The molecule has 1 rings (SSSR count). The highest BCUT2D eigenvalue weighted by Crippen LogP contribution is 2.34. The predicted molar refractivity (Wildman–Crippen MR) is 34.0 cm³/mol.